The first-order valence-corrected chi connectivity index (χ1v) is 12.2. The SMILES string of the molecule is C=C1C(=CC=C2CCC[C@@]3(C)C2CC[C@@H]3[C@H](C)CCCC(C)(C)O)C[C@@H](O)C[C@@H]1O.[Pb]. The van der Waals surface area contributed by atoms with E-state index in [4.69, 9.17) is 0 Å². The maximum Gasteiger partial charge on any atom is 0.0811 e. The van der Waals surface area contributed by atoms with E-state index >= 15 is 0 Å². The Labute approximate surface area is 210 Å². The smallest absolute Gasteiger partial charge is 0.0811 e. The summed E-state index contributed by atoms with van der Waals surface area (Å²) in [5, 5.41) is 30.2. The van der Waals surface area contributed by atoms with Gasteiger partial charge in [-0.1, -0.05) is 51.0 Å². The average Bonchev–Trinajstić information content (AvgIpc) is 3.00. The van der Waals surface area contributed by atoms with Gasteiger partial charge < -0.3 is 15.3 Å². The van der Waals surface area contributed by atoms with Gasteiger partial charge in [0.05, 0.1) is 17.8 Å². The molecule has 3 fully saturated rings. The van der Waals surface area contributed by atoms with Crippen LogP contribution in [0, 0.1) is 23.2 Å². The molecule has 0 spiro atoms. The van der Waals surface area contributed by atoms with Gasteiger partial charge in [-0.25, -0.2) is 0 Å². The van der Waals surface area contributed by atoms with E-state index in [1.54, 1.807) is 5.57 Å². The third-order valence-electron chi connectivity index (χ3n) is 8.44. The Morgan fingerprint density at radius 1 is 1.23 bits per heavy atom. The number of fused-ring (bicyclic) bond motifs is 1. The Morgan fingerprint density at radius 2 is 1.94 bits per heavy atom. The maximum absolute atomic E-state index is 10.1. The molecule has 0 aliphatic heterocycles. The Hall–Kier alpha value is 0.0221. The van der Waals surface area contributed by atoms with Crippen LogP contribution in [0.2, 0.25) is 0 Å². The van der Waals surface area contributed by atoms with E-state index in [1.807, 2.05) is 13.8 Å². The van der Waals surface area contributed by atoms with Crippen LogP contribution >= 0.6 is 0 Å². The minimum absolute atomic E-state index is 0. The van der Waals surface area contributed by atoms with E-state index in [0.29, 0.717) is 30.1 Å². The normalized spacial score (nSPS) is 37.6. The molecule has 0 aromatic carbocycles. The van der Waals surface area contributed by atoms with Crippen LogP contribution in [-0.4, -0.2) is 60.4 Å². The van der Waals surface area contributed by atoms with Crippen molar-refractivity contribution < 1.29 is 15.3 Å². The van der Waals surface area contributed by atoms with Crippen LogP contribution in [0.4, 0.5) is 0 Å². The molecule has 3 nitrogen and oxygen atoms in total. The Bertz CT molecular complexity index is 689. The average molecular weight is 624 g/mol. The van der Waals surface area contributed by atoms with Gasteiger partial charge in [0, 0.05) is 33.7 Å². The fraction of sp³-hybridized carbons (Fsp3) is 0.778. The summed E-state index contributed by atoms with van der Waals surface area (Å²) in [7, 11) is 0. The van der Waals surface area contributed by atoms with Gasteiger partial charge in [0.2, 0.25) is 0 Å². The zero-order chi connectivity index (χ0) is 22.1. The summed E-state index contributed by atoms with van der Waals surface area (Å²) in [4.78, 5) is 0. The van der Waals surface area contributed by atoms with E-state index < -0.39 is 17.8 Å². The summed E-state index contributed by atoms with van der Waals surface area (Å²) in [6.07, 6.45) is 13.9. The molecule has 174 valence electrons. The molecule has 3 rings (SSSR count). The van der Waals surface area contributed by atoms with Crippen LogP contribution in [-0.2, 0) is 0 Å². The predicted octanol–water partition coefficient (Wildman–Crippen LogP) is 5.32. The van der Waals surface area contributed by atoms with Gasteiger partial charge in [0.15, 0.2) is 0 Å². The number of aliphatic hydroxyl groups is 3. The largest absolute Gasteiger partial charge is 0.393 e. The monoisotopic (exact) mass is 624 g/mol. The topological polar surface area (TPSA) is 60.7 Å². The van der Waals surface area contributed by atoms with Crippen molar-refractivity contribution >= 4 is 27.3 Å². The molecule has 0 aromatic heterocycles. The molecule has 4 radical (unpaired) electrons. The molecule has 3 aliphatic carbocycles. The maximum atomic E-state index is 10.1. The number of hydrogen-bond acceptors (Lipinski definition) is 3. The molecule has 31 heavy (non-hydrogen) atoms. The number of aliphatic hydroxyl groups excluding tert-OH is 2. The predicted molar refractivity (Wildman–Crippen MR) is 130 cm³/mol. The van der Waals surface area contributed by atoms with Crippen molar-refractivity contribution in [2.75, 3.05) is 0 Å². The van der Waals surface area contributed by atoms with Crippen molar-refractivity contribution in [3.8, 4) is 0 Å². The molecule has 0 bridgehead atoms. The molecule has 1 unspecified atom stereocenters. The molecule has 0 aromatic rings. The second kappa shape index (κ2) is 11.0. The van der Waals surface area contributed by atoms with Crippen molar-refractivity contribution in [1.82, 2.24) is 0 Å². The van der Waals surface area contributed by atoms with Crippen LogP contribution in [0.1, 0.15) is 91.9 Å². The van der Waals surface area contributed by atoms with Crippen molar-refractivity contribution in [2.24, 2.45) is 23.2 Å². The quantitative estimate of drug-likeness (QED) is 0.351. The molecule has 3 saturated carbocycles. The molecular formula is C27H44O3Pb. The zero-order valence-electron chi connectivity index (χ0n) is 20.2. The van der Waals surface area contributed by atoms with Gasteiger partial charge in [-0.2, -0.15) is 0 Å². The van der Waals surface area contributed by atoms with Gasteiger partial charge in [0.25, 0.3) is 0 Å². The first-order valence-electron chi connectivity index (χ1n) is 12.2. The molecule has 0 saturated heterocycles. The third kappa shape index (κ3) is 6.54. The first kappa shape index (κ1) is 27.3. The van der Waals surface area contributed by atoms with E-state index in [1.165, 1.54) is 38.5 Å². The summed E-state index contributed by atoms with van der Waals surface area (Å²) in [6, 6.07) is 0. The van der Waals surface area contributed by atoms with Gasteiger partial charge in [-0.15, -0.1) is 0 Å². The first-order chi connectivity index (χ1) is 14.0. The Balaban J connectivity index is 0.00000341. The van der Waals surface area contributed by atoms with E-state index in [9.17, 15) is 15.3 Å². The zero-order valence-corrected chi connectivity index (χ0v) is 24.0. The van der Waals surface area contributed by atoms with Crippen molar-refractivity contribution in [1.29, 1.82) is 0 Å². The second-order valence-corrected chi connectivity index (χ2v) is 11.3. The van der Waals surface area contributed by atoms with Gasteiger partial charge in [0.1, 0.15) is 0 Å². The third-order valence-corrected chi connectivity index (χ3v) is 8.44. The van der Waals surface area contributed by atoms with E-state index in [-0.39, 0.29) is 27.3 Å². The fourth-order valence-electron chi connectivity index (χ4n) is 6.74. The van der Waals surface area contributed by atoms with Crippen molar-refractivity contribution in [3.05, 3.63) is 35.5 Å². The van der Waals surface area contributed by atoms with Crippen LogP contribution in [0.5, 0.6) is 0 Å². The summed E-state index contributed by atoms with van der Waals surface area (Å²) in [5.74, 6) is 2.11. The minimum atomic E-state index is -0.615. The van der Waals surface area contributed by atoms with Gasteiger partial charge in [-0.05, 0) is 93.1 Å². The van der Waals surface area contributed by atoms with Gasteiger partial charge >= 0.3 is 0 Å². The number of hydrogen-bond donors (Lipinski definition) is 3. The standard InChI is InChI=1S/C27H44O3.Pb/c1-18(8-6-14-26(3,4)30)23-12-13-24-20(9-7-15-27(23,24)5)10-11-21-16-22(28)17-25(29)19(21)2;/h10-11,18,22-25,28-30H,2,6-9,12-17H2,1,3-5H3;/t18-,22-,23-,24?,25+,27-;/m1./s1. The number of rotatable bonds is 6. The van der Waals surface area contributed by atoms with Crippen LogP contribution < -0.4 is 0 Å². The minimum Gasteiger partial charge on any atom is -0.393 e. The fourth-order valence-corrected chi connectivity index (χ4v) is 6.74. The van der Waals surface area contributed by atoms with Crippen LogP contribution in [0.3, 0.4) is 0 Å². The molecule has 0 amide bonds. The van der Waals surface area contributed by atoms with E-state index in [0.717, 1.165) is 29.9 Å². The Morgan fingerprint density at radius 3 is 2.61 bits per heavy atom. The molecular weight excluding hydrogens is 579 g/mol. The molecule has 6 atom stereocenters. The molecule has 4 heteroatoms. The van der Waals surface area contributed by atoms with Crippen LogP contribution in [0.25, 0.3) is 0 Å². The second-order valence-electron chi connectivity index (χ2n) is 11.3. The summed E-state index contributed by atoms with van der Waals surface area (Å²) in [5.41, 5.74) is 3.17. The van der Waals surface area contributed by atoms with Gasteiger partial charge in [-0.3, -0.25) is 0 Å². The molecule has 0 heterocycles. The molecule has 3 aliphatic rings. The summed E-state index contributed by atoms with van der Waals surface area (Å²) in [6.45, 7) is 12.8. The van der Waals surface area contributed by atoms with Crippen molar-refractivity contribution in [3.63, 3.8) is 0 Å². The van der Waals surface area contributed by atoms with Crippen LogP contribution in [0.15, 0.2) is 35.5 Å². The molecule has 3 N–H and O–H groups in total. The van der Waals surface area contributed by atoms with Crippen molar-refractivity contribution in [2.45, 2.75) is 110 Å². The van der Waals surface area contributed by atoms with E-state index in [2.05, 4.69) is 32.6 Å². The Kier molecular flexibility index (Phi) is 9.65. The summed E-state index contributed by atoms with van der Waals surface area (Å²) < 4.78 is 0. The number of allylic oxidation sites excluding steroid dienone is 3. The summed E-state index contributed by atoms with van der Waals surface area (Å²) >= 11 is 0.